The van der Waals surface area contributed by atoms with Crippen LogP contribution in [-0.4, -0.2) is 30.8 Å². The highest BCUT2D eigenvalue weighted by atomic mass is 32.2. The van der Waals surface area contributed by atoms with Crippen LogP contribution in [0.25, 0.3) is 10.9 Å². The van der Waals surface area contributed by atoms with Gasteiger partial charge in [-0.15, -0.1) is 0 Å². The van der Waals surface area contributed by atoms with Gasteiger partial charge in [-0.05, 0) is 37.5 Å². The van der Waals surface area contributed by atoms with Gasteiger partial charge < -0.3 is 0 Å². The van der Waals surface area contributed by atoms with Crippen LogP contribution in [0.2, 0.25) is 0 Å². The number of fused-ring (bicyclic) bond motifs is 1. The van der Waals surface area contributed by atoms with Crippen molar-refractivity contribution >= 4 is 20.9 Å². The lowest BCUT2D eigenvalue weighted by Crippen LogP contribution is -2.32. The van der Waals surface area contributed by atoms with Crippen molar-refractivity contribution in [2.75, 3.05) is 13.1 Å². The number of rotatable bonds is 2. The van der Waals surface area contributed by atoms with E-state index in [1.165, 1.54) is 0 Å². The fourth-order valence-corrected chi connectivity index (χ4v) is 4.55. The van der Waals surface area contributed by atoms with Crippen LogP contribution in [-0.2, 0) is 10.0 Å². The van der Waals surface area contributed by atoms with Crippen LogP contribution in [0.1, 0.15) is 31.2 Å². The second-order valence-corrected chi connectivity index (χ2v) is 7.57. The van der Waals surface area contributed by atoms with Crippen LogP contribution in [0, 0.1) is 6.92 Å². The van der Waals surface area contributed by atoms with Gasteiger partial charge in [0.1, 0.15) is 4.90 Å². The minimum absolute atomic E-state index is 0.335. The van der Waals surface area contributed by atoms with Crippen molar-refractivity contribution in [3.05, 3.63) is 36.0 Å². The summed E-state index contributed by atoms with van der Waals surface area (Å²) in [7, 11) is -3.45. The highest BCUT2D eigenvalue weighted by molar-refractivity contribution is 7.89. The Bertz CT molecular complexity index is 748. The van der Waals surface area contributed by atoms with Gasteiger partial charge in [-0.1, -0.05) is 25.0 Å². The Morgan fingerprint density at radius 2 is 1.81 bits per heavy atom. The molecule has 1 aromatic heterocycles. The Balaban J connectivity index is 2.10. The Hall–Kier alpha value is -1.46. The van der Waals surface area contributed by atoms with Crippen molar-refractivity contribution in [3.8, 4) is 0 Å². The van der Waals surface area contributed by atoms with E-state index in [2.05, 4.69) is 4.98 Å². The minimum atomic E-state index is -3.45. The van der Waals surface area contributed by atoms with E-state index in [9.17, 15) is 8.42 Å². The number of hydrogen-bond acceptors (Lipinski definition) is 3. The Labute approximate surface area is 125 Å². The normalized spacial score (nSPS) is 17.8. The molecule has 21 heavy (non-hydrogen) atoms. The molecule has 0 bridgehead atoms. The Morgan fingerprint density at radius 3 is 2.52 bits per heavy atom. The van der Waals surface area contributed by atoms with Crippen molar-refractivity contribution in [3.63, 3.8) is 0 Å². The zero-order valence-corrected chi connectivity index (χ0v) is 13.1. The van der Waals surface area contributed by atoms with E-state index in [0.29, 0.717) is 23.5 Å². The summed E-state index contributed by atoms with van der Waals surface area (Å²) in [6.45, 7) is 3.19. The van der Waals surface area contributed by atoms with Crippen molar-refractivity contribution < 1.29 is 8.42 Å². The third kappa shape index (κ3) is 2.80. The summed E-state index contributed by atoms with van der Waals surface area (Å²) >= 11 is 0. The number of para-hydroxylation sites is 1. The first kappa shape index (κ1) is 14.5. The second kappa shape index (κ2) is 5.73. The van der Waals surface area contributed by atoms with Crippen LogP contribution in [0.15, 0.2) is 35.4 Å². The predicted octanol–water partition coefficient (Wildman–Crippen LogP) is 3.11. The zero-order valence-electron chi connectivity index (χ0n) is 12.2. The number of pyridine rings is 1. The van der Waals surface area contributed by atoms with Gasteiger partial charge in [0.25, 0.3) is 0 Å². The summed E-state index contributed by atoms with van der Waals surface area (Å²) in [6.07, 6.45) is 5.83. The summed E-state index contributed by atoms with van der Waals surface area (Å²) < 4.78 is 27.5. The van der Waals surface area contributed by atoms with Gasteiger partial charge >= 0.3 is 0 Å². The maximum atomic E-state index is 12.9. The predicted molar refractivity (Wildman–Crippen MR) is 83.7 cm³/mol. The average Bonchev–Trinajstić information content (AvgIpc) is 2.75. The van der Waals surface area contributed by atoms with Gasteiger partial charge in [0.15, 0.2) is 0 Å². The number of hydrogen-bond donors (Lipinski definition) is 0. The molecule has 1 aliphatic heterocycles. The molecule has 1 saturated heterocycles. The topological polar surface area (TPSA) is 50.3 Å². The molecular formula is C16H20N2O2S. The zero-order chi connectivity index (χ0) is 14.9. The van der Waals surface area contributed by atoms with E-state index in [1.807, 2.05) is 19.1 Å². The number of nitrogens with zero attached hydrogens (tertiary/aromatic N) is 2. The lowest BCUT2D eigenvalue weighted by Gasteiger charge is -2.20. The van der Waals surface area contributed by atoms with Gasteiger partial charge in [0.2, 0.25) is 10.0 Å². The molecule has 4 nitrogen and oxygen atoms in total. The fraction of sp³-hybridized carbons (Fsp3) is 0.438. The number of aromatic nitrogens is 1. The monoisotopic (exact) mass is 304 g/mol. The molecule has 0 aliphatic carbocycles. The number of sulfonamides is 1. The van der Waals surface area contributed by atoms with Gasteiger partial charge in [-0.3, -0.25) is 4.98 Å². The molecule has 0 spiro atoms. The maximum Gasteiger partial charge on any atom is 0.245 e. The molecular weight excluding hydrogens is 284 g/mol. The molecule has 1 aliphatic rings. The largest absolute Gasteiger partial charge is 0.255 e. The SMILES string of the molecule is Cc1cnc2c(S(=O)(=O)N3CCCCCC3)cccc2c1. The average molecular weight is 304 g/mol. The molecule has 1 aromatic carbocycles. The summed E-state index contributed by atoms with van der Waals surface area (Å²) in [5, 5.41) is 0.880. The first-order valence-corrected chi connectivity index (χ1v) is 8.88. The first-order valence-electron chi connectivity index (χ1n) is 7.44. The molecule has 112 valence electrons. The van der Waals surface area contributed by atoms with Gasteiger partial charge in [0.05, 0.1) is 5.52 Å². The molecule has 2 aromatic rings. The second-order valence-electron chi connectivity index (χ2n) is 5.66. The fourth-order valence-electron chi connectivity index (χ4n) is 2.87. The van der Waals surface area contributed by atoms with E-state index in [-0.39, 0.29) is 0 Å². The third-order valence-corrected chi connectivity index (χ3v) is 5.92. The lowest BCUT2D eigenvalue weighted by atomic mass is 10.2. The van der Waals surface area contributed by atoms with E-state index in [1.54, 1.807) is 22.6 Å². The van der Waals surface area contributed by atoms with E-state index in [0.717, 1.165) is 36.6 Å². The molecule has 0 unspecified atom stereocenters. The molecule has 5 heteroatoms. The Kier molecular flexibility index (Phi) is 3.95. The Morgan fingerprint density at radius 1 is 1.10 bits per heavy atom. The third-order valence-electron chi connectivity index (χ3n) is 3.99. The van der Waals surface area contributed by atoms with Crippen LogP contribution in [0.4, 0.5) is 0 Å². The van der Waals surface area contributed by atoms with Gasteiger partial charge in [-0.2, -0.15) is 4.31 Å². The molecule has 0 radical (unpaired) electrons. The summed E-state index contributed by atoms with van der Waals surface area (Å²) in [4.78, 5) is 4.69. The summed E-state index contributed by atoms with van der Waals surface area (Å²) in [5.74, 6) is 0. The van der Waals surface area contributed by atoms with Crippen LogP contribution in [0.3, 0.4) is 0 Å². The highest BCUT2D eigenvalue weighted by Gasteiger charge is 2.27. The highest BCUT2D eigenvalue weighted by Crippen LogP contribution is 2.26. The van der Waals surface area contributed by atoms with Gasteiger partial charge in [0, 0.05) is 24.7 Å². The molecule has 2 heterocycles. The van der Waals surface area contributed by atoms with Crippen molar-refractivity contribution in [1.29, 1.82) is 0 Å². The smallest absolute Gasteiger partial charge is 0.245 e. The maximum absolute atomic E-state index is 12.9. The van der Waals surface area contributed by atoms with Crippen molar-refractivity contribution in [1.82, 2.24) is 9.29 Å². The lowest BCUT2D eigenvalue weighted by molar-refractivity contribution is 0.424. The van der Waals surface area contributed by atoms with Gasteiger partial charge in [-0.25, -0.2) is 8.42 Å². The van der Waals surface area contributed by atoms with E-state index >= 15 is 0 Å². The van der Waals surface area contributed by atoms with Crippen LogP contribution in [0.5, 0.6) is 0 Å². The van der Waals surface area contributed by atoms with Crippen LogP contribution >= 0.6 is 0 Å². The molecule has 1 fully saturated rings. The standard InChI is InChI=1S/C16H20N2O2S/c1-13-11-14-7-6-8-15(16(14)17-12-13)21(19,20)18-9-4-2-3-5-10-18/h6-8,11-12H,2-5,9-10H2,1H3. The van der Waals surface area contributed by atoms with Crippen LogP contribution < -0.4 is 0 Å². The molecule has 3 rings (SSSR count). The van der Waals surface area contributed by atoms with Crippen molar-refractivity contribution in [2.45, 2.75) is 37.5 Å². The van der Waals surface area contributed by atoms with E-state index in [4.69, 9.17) is 0 Å². The van der Waals surface area contributed by atoms with E-state index < -0.39 is 10.0 Å². The minimum Gasteiger partial charge on any atom is -0.255 e. The molecule has 0 atom stereocenters. The summed E-state index contributed by atoms with van der Waals surface area (Å²) in [6, 6.07) is 7.36. The number of aryl methyl sites for hydroxylation is 1. The molecule has 0 amide bonds. The molecule has 0 N–H and O–H groups in total. The van der Waals surface area contributed by atoms with Crippen molar-refractivity contribution in [2.24, 2.45) is 0 Å². The summed E-state index contributed by atoms with van der Waals surface area (Å²) in [5.41, 5.74) is 1.61. The first-order chi connectivity index (χ1) is 10.1. The number of benzene rings is 1. The quantitative estimate of drug-likeness (QED) is 0.856. The molecule has 0 saturated carbocycles.